The lowest BCUT2D eigenvalue weighted by Gasteiger charge is -2.04. The SMILES string of the molecule is Fc1cccc(CNc2nc3ccc(-c4ccncc4)cc3s2)c1F. The van der Waals surface area contributed by atoms with Crippen LogP contribution in [0.1, 0.15) is 5.56 Å². The first-order valence-corrected chi connectivity index (χ1v) is 8.50. The van der Waals surface area contributed by atoms with E-state index in [9.17, 15) is 8.78 Å². The number of anilines is 1. The molecular weight excluding hydrogens is 340 g/mol. The highest BCUT2D eigenvalue weighted by Gasteiger charge is 2.09. The summed E-state index contributed by atoms with van der Waals surface area (Å²) < 4.78 is 28.0. The van der Waals surface area contributed by atoms with Gasteiger partial charge in [0.2, 0.25) is 0 Å². The third-order valence-corrected chi connectivity index (χ3v) is 4.84. The van der Waals surface area contributed by atoms with Crippen LogP contribution < -0.4 is 5.32 Å². The number of nitrogens with one attached hydrogen (secondary N) is 1. The summed E-state index contributed by atoms with van der Waals surface area (Å²) in [5, 5.41) is 3.74. The Morgan fingerprint density at radius 2 is 1.80 bits per heavy atom. The quantitative estimate of drug-likeness (QED) is 0.545. The van der Waals surface area contributed by atoms with Crippen molar-refractivity contribution in [3.63, 3.8) is 0 Å². The van der Waals surface area contributed by atoms with Gasteiger partial charge >= 0.3 is 0 Å². The summed E-state index contributed by atoms with van der Waals surface area (Å²) in [6, 6.07) is 14.1. The molecule has 2 heterocycles. The van der Waals surface area contributed by atoms with Crippen LogP contribution in [0.15, 0.2) is 60.9 Å². The van der Waals surface area contributed by atoms with Crippen molar-refractivity contribution in [2.75, 3.05) is 5.32 Å². The van der Waals surface area contributed by atoms with E-state index >= 15 is 0 Å². The Labute approximate surface area is 147 Å². The number of hydrogen-bond donors (Lipinski definition) is 1. The van der Waals surface area contributed by atoms with E-state index in [4.69, 9.17) is 0 Å². The van der Waals surface area contributed by atoms with Crippen LogP contribution >= 0.6 is 11.3 Å². The molecule has 2 aromatic carbocycles. The van der Waals surface area contributed by atoms with Crippen LogP contribution in [-0.2, 0) is 6.54 Å². The Morgan fingerprint density at radius 1 is 0.960 bits per heavy atom. The fourth-order valence-corrected chi connectivity index (χ4v) is 3.48. The molecule has 0 aliphatic rings. The summed E-state index contributed by atoms with van der Waals surface area (Å²) in [5.41, 5.74) is 3.31. The van der Waals surface area contributed by atoms with Crippen LogP contribution in [-0.4, -0.2) is 9.97 Å². The molecule has 0 unspecified atom stereocenters. The Morgan fingerprint density at radius 3 is 2.64 bits per heavy atom. The fraction of sp³-hybridized carbons (Fsp3) is 0.0526. The normalized spacial score (nSPS) is 11.0. The highest BCUT2D eigenvalue weighted by atomic mass is 32.1. The van der Waals surface area contributed by atoms with E-state index in [-0.39, 0.29) is 12.1 Å². The summed E-state index contributed by atoms with van der Waals surface area (Å²) >= 11 is 1.48. The Bertz CT molecular complexity index is 1030. The smallest absolute Gasteiger partial charge is 0.184 e. The molecule has 0 spiro atoms. The molecule has 4 aromatic rings. The van der Waals surface area contributed by atoms with Crippen molar-refractivity contribution < 1.29 is 8.78 Å². The van der Waals surface area contributed by atoms with Crippen molar-refractivity contribution in [3.8, 4) is 11.1 Å². The van der Waals surface area contributed by atoms with Crippen molar-refractivity contribution in [1.82, 2.24) is 9.97 Å². The van der Waals surface area contributed by atoms with Crippen LogP contribution in [0.5, 0.6) is 0 Å². The molecular formula is C19H13F2N3S. The minimum atomic E-state index is -0.842. The second-order valence-electron chi connectivity index (χ2n) is 5.50. The molecule has 0 saturated carbocycles. The van der Waals surface area contributed by atoms with Crippen molar-refractivity contribution in [1.29, 1.82) is 0 Å². The van der Waals surface area contributed by atoms with Gasteiger partial charge in [-0.1, -0.05) is 29.5 Å². The van der Waals surface area contributed by atoms with E-state index < -0.39 is 11.6 Å². The molecule has 6 heteroatoms. The maximum absolute atomic E-state index is 13.7. The zero-order chi connectivity index (χ0) is 17.2. The van der Waals surface area contributed by atoms with E-state index in [0.29, 0.717) is 5.13 Å². The van der Waals surface area contributed by atoms with E-state index in [2.05, 4.69) is 21.4 Å². The van der Waals surface area contributed by atoms with Gasteiger partial charge in [-0.15, -0.1) is 0 Å². The van der Waals surface area contributed by atoms with Crippen molar-refractivity contribution in [3.05, 3.63) is 78.1 Å². The number of thiazole rings is 1. The molecule has 0 bridgehead atoms. The molecule has 0 radical (unpaired) electrons. The molecule has 2 aromatic heterocycles. The maximum Gasteiger partial charge on any atom is 0.184 e. The highest BCUT2D eigenvalue weighted by Crippen LogP contribution is 2.30. The number of benzene rings is 2. The second kappa shape index (κ2) is 6.57. The molecule has 4 rings (SSSR count). The summed E-state index contributed by atoms with van der Waals surface area (Å²) in [7, 11) is 0. The van der Waals surface area contributed by atoms with Crippen molar-refractivity contribution in [2.24, 2.45) is 0 Å². The van der Waals surface area contributed by atoms with Gasteiger partial charge in [-0.05, 0) is 41.5 Å². The topological polar surface area (TPSA) is 37.8 Å². The van der Waals surface area contributed by atoms with Gasteiger partial charge in [-0.25, -0.2) is 13.8 Å². The van der Waals surface area contributed by atoms with Crippen LogP contribution in [0.25, 0.3) is 21.3 Å². The van der Waals surface area contributed by atoms with Crippen LogP contribution in [0.4, 0.5) is 13.9 Å². The van der Waals surface area contributed by atoms with Gasteiger partial charge < -0.3 is 5.32 Å². The maximum atomic E-state index is 13.7. The molecule has 1 N–H and O–H groups in total. The minimum Gasteiger partial charge on any atom is -0.357 e. The predicted molar refractivity (Wildman–Crippen MR) is 96.5 cm³/mol. The van der Waals surface area contributed by atoms with Gasteiger partial charge in [-0.2, -0.15) is 0 Å². The van der Waals surface area contributed by atoms with E-state index in [1.807, 2.05) is 24.3 Å². The molecule has 0 atom stereocenters. The first kappa shape index (κ1) is 15.7. The molecule has 0 amide bonds. The molecule has 25 heavy (non-hydrogen) atoms. The zero-order valence-corrected chi connectivity index (χ0v) is 13.9. The van der Waals surface area contributed by atoms with Gasteiger partial charge in [0.25, 0.3) is 0 Å². The summed E-state index contributed by atoms with van der Waals surface area (Å²) in [6.45, 7) is 0.181. The molecule has 0 fully saturated rings. The number of rotatable bonds is 4. The monoisotopic (exact) mass is 353 g/mol. The molecule has 0 aliphatic carbocycles. The third-order valence-electron chi connectivity index (χ3n) is 3.86. The standard InChI is InChI=1S/C19H13F2N3S/c20-15-3-1-2-14(18(15)21)11-23-19-24-16-5-4-13(10-17(16)25-19)12-6-8-22-9-7-12/h1-10H,11H2,(H,23,24). The third kappa shape index (κ3) is 3.21. The lowest BCUT2D eigenvalue weighted by Crippen LogP contribution is -2.02. The van der Waals surface area contributed by atoms with Gasteiger partial charge in [0, 0.05) is 24.5 Å². The second-order valence-corrected chi connectivity index (χ2v) is 6.53. The van der Waals surface area contributed by atoms with Crippen LogP contribution in [0.2, 0.25) is 0 Å². The van der Waals surface area contributed by atoms with Crippen molar-refractivity contribution >= 4 is 26.7 Å². The number of aromatic nitrogens is 2. The lowest BCUT2D eigenvalue weighted by atomic mass is 10.1. The number of hydrogen-bond acceptors (Lipinski definition) is 4. The molecule has 3 nitrogen and oxygen atoms in total. The van der Waals surface area contributed by atoms with Crippen molar-refractivity contribution in [2.45, 2.75) is 6.54 Å². The molecule has 0 saturated heterocycles. The number of fused-ring (bicyclic) bond motifs is 1. The van der Waals surface area contributed by atoms with Gasteiger partial charge in [0.05, 0.1) is 10.2 Å². The van der Waals surface area contributed by atoms with Gasteiger partial charge in [-0.3, -0.25) is 4.98 Å². The van der Waals surface area contributed by atoms with Gasteiger partial charge in [0.15, 0.2) is 16.8 Å². The number of nitrogens with zero attached hydrogens (tertiary/aromatic N) is 2. The first-order chi connectivity index (χ1) is 12.2. The average Bonchev–Trinajstić information content (AvgIpc) is 3.06. The Balaban J connectivity index is 1.58. The first-order valence-electron chi connectivity index (χ1n) is 7.68. The van der Waals surface area contributed by atoms with E-state index in [0.717, 1.165) is 27.4 Å². The lowest BCUT2D eigenvalue weighted by molar-refractivity contribution is 0.500. The van der Waals surface area contributed by atoms with E-state index in [1.54, 1.807) is 18.5 Å². The predicted octanol–water partition coefficient (Wildman–Crippen LogP) is 5.25. The molecule has 0 aliphatic heterocycles. The Hall–Kier alpha value is -2.86. The zero-order valence-electron chi connectivity index (χ0n) is 13.0. The number of halogens is 2. The summed E-state index contributed by atoms with van der Waals surface area (Å²) in [4.78, 5) is 8.52. The largest absolute Gasteiger partial charge is 0.357 e. The van der Waals surface area contributed by atoms with E-state index in [1.165, 1.54) is 17.4 Å². The average molecular weight is 353 g/mol. The summed E-state index contributed by atoms with van der Waals surface area (Å²) in [5.74, 6) is -1.67. The minimum absolute atomic E-state index is 0.181. The summed E-state index contributed by atoms with van der Waals surface area (Å²) in [6.07, 6.45) is 3.51. The molecule has 124 valence electrons. The number of pyridine rings is 1. The highest BCUT2D eigenvalue weighted by molar-refractivity contribution is 7.22. The van der Waals surface area contributed by atoms with Crippen LogP contribution in [0.3, 0.4) is 0 Å². The van der Waals surface area contributed by atoms with Crippen LogP contribution in [0, 0.1) is 11.6 Å². The van der Waals surface area contributed by atoms with Gasteiger partial charge in [0.1, 0.15) is 0 Å². The fourth-order valence-electron chi connectivity index (χ4n) is 2.58. The Kier molecular flexibility index (Phi) is 4.11.